The second kappa shape index (κ2) is 4.46. The molecule has 5 heteroatoms. The van der Waals surface area contributed by atoms with Gasteiger partial charge in [0.1, 0.15) is 0 Å². The van der Waals surface area contributed by atoms with Crippen LogP contribution in [0.15, 0.2) is 34.3 Å². The summed E-state index contributed by atoms with van der Waals surface area (Å²) in [4.78, 5) is 20.6. The molecule has 3 nitrogen and oxygen atoms in total. The van der Waals surface area contributed by atoms with Crippen LogP contribution in [0.5, 0.6) is 0 Å². The Balaban J connectivity index is 1.70. The first kappa shape index (κ1) is 12.5. The smallest absolute Gasteiger partial charge is 0.305 e. The van der Waals surface area contributed by atoms with Crippen LogP contribution < -0.4 is 4.87 Å². The second-order valence-corrected chi connectivity index (χ2v) is 8.67. The van der Waals surface area contributed by atoms with Gasteiger partial charge in [0.2, 0.25) is 0 Å². The Kier molecular flexibility index (Phi) is 2.65. The number of aromatic nitrogens is 2. The summed E-state index contributed by atoms with van der Waals surface area (Å²) in [7, 11) is 0. The summed E-state index contributed by atoms with van der Waals surface area (Å²) < 4.78 is 0. The van der Waals surface area contributed by atoms with Crippen LogP contribution >= 0.6 is 23.1 Å². The van der Waals surface area contributed by atoms with Crippen molar-refractivity contribution in [1.82, 2.24) is 9.97 Å². The van der Waals surface area contributed by atoms with Gasteiger partial charge in [0.05, 0.1) is 5.03 Å². The zero-order chi connectivity index (χ0) is 14.0. The summed E-state index contributed by atoms with van der Waals surface area (Å²) in [5.41, 5.74) is 1.29. The first-order valence-corrected chi connectivity index (χ1v) is 9.30. The number of hydrogen-bond donors (Lipinski definition) is 1. The van der Waals surface area contributed by atoms with Crippen LogP contribution in [0.25, 0.3) is 0 Å². The maximum Gasteiger partial charge on any atom is 0.305 e. The lowest BCUT2D eigenvalue weighted by Crippen LogP contribution is -2.33. The van der Waals surface area contributed by atoms with Crippen molar-refractivity contribution in [2.45, 2.75) is 35.5 Å². The molecule has 0 amide bonds. The minimum atomic E-state index is 0.0914. The van der Waals surface area contributed by atoms with E-state index in [1.165, 1.54) is 41.0 Å². The number of thiazole rings is 1. The van der Waals surface area contributed by atoms with Crippen LogP contribution in [0.3, 0.4) is 0 Å². The number of nitrogens with one attached hydrogen (secondary N) is 1. The zero-order valence-corrected chi connectivity index (χ0v) is 13.1. The number of fused-ring (bicyclic) bond motifs is 6. The SMILES string of the molecule is O=c1[nH]c2c(s1)[C@@H](c1cccnc1)[C@H]1[C@@H]3CC[C@H](C3)[C@@H]1S2. The topological polar surface area (TPSA) is 45.8 Å². The summed E-state index contributed by atoms with van der Waals surface area (Å²) in [6.07, 6.45) is 7.97. The van der Waals surface area contributed by atoms with Crippen LogP contribution in [0.2, 0.25) is 0 Å². The van der Waals surface area contributed by atoms with Gasteiger partial charge < -0.3 is 4.98 Å². The molecule has 3 heterocycles. The van der Waals surface area contributed by atoms with E-state index in [2.05, 4.69) is 16.0 Å². The third-order valence-corrected chi connectivity index (χ3v) is 8.13. The molecule has 3 aliphatic rings. The molecule has 108 valence electrons. The largest absolute Gasteiger partial charge is 0.307 e. The fraction of sp³-hybridized carbons (Fsp3) is 0.500. The Morgan fingerprint density at radius 1 is 1.29 bits per heavy atom. The van der Waals surface area contributed by atoms with Crippen LogP contribution in [-0.4, -0.2) is 15.2 Å². The summed E-state index contributed by atoms with van der Waals surface area (Å²) in [5.74, 6) is 2.75. The molecule has 2 aromatic heterocycles. The van der Waals surface area contributed by atoms with E-state index in [1.807, 2.05) is 30.2 Å². The molecule has 2 aromatic rings. The highest BCUT2D eigenvalue weighted by atomic mass is 32.2. The van der Waals surface area contributed by atoms with Gasteiger partial charge in [-0.2, -0.15) is 0 Å². The molecule has 2 saturated carbocycles. The highest BCUT2D eigenvalue weighted by Crippen LogP contribution is 2.63. The van der Waals surface area contributed by atoms with Gasteiger partial charge in [0.25, 0.3) is 0 Å². The average Bonchev–Trinajstić information content (AvgIpc) is 3.18. The minimum Gasteiger partial charge on any atom is -0.307 e. The van der Waals surface area contributed by atoms with Crippen molar-refractivity contribution in [3.05, 3.63) is 44.6 Å². The fourth-order valence-corrected chi connectivity index (χ4v) is 7.68. The molecule has 0 saturated heterocycles. The Labute approximate surface area is 131 Å². The van der Waals surface area contributed by atoms with Crippen molar-refractivity contribution >= 4 is 23.1 Å². The van der Waals surface area contributed by atoms with E-state index in [-0.39, 0.29) is 4.87 Å². The number of H-pyrrole nitrogens is 1. The van der Waals surface area contributed by atoms with Gasteiger partial charge >= 0.3 is 4.87 Å². The van der Waals surface area contributed by atoms with Gasteiger partial charge in [-0.15, -0.1) is 11.8 Å². The molecular weight excluding hydrogens is 300 g/mol. The Bertz CT molecular complexity index is 738. The van der Waals surface area contributed by atoms with Crippen molar-refractivity contribution < 1.29 is 0 Å². The van der Waals surface area contributed by atoms with E-state index in [1.54, 1.807) is 0 Å². The molecule has 0 spiro atoms. The number of nitrogens with zero attached hydrogens (tertiary/aromatic N) is 1. The lowest BCUT2D eigenvalue weighted by Gasteiger charge is -2.40. The van der Waals surface area contributed by atoms with E-state index in [9.17, 15) is 4.79 Å². The molecule has 5 rings (SSSR count). The molecule has 0 radical (unpaired) electrons. The molecular formula is C16H16N2OS2. The van der Waals surface area contributed by atoms with E-state index in [4.69, 9.17) is 0 Å². The maximum absolute atomic E-state index is 11.9. The monoisotopic (exact) mass is 316 g/mol. The molecule has 1 aliphatic heterocycles. The van der Waals surface area contributed by atoms with Crippen LogP contribution in [0, 0.1) is 17.8 Å². The molecule has 0 aromatic carbocycles. The van der Waals surface area contributed by atoms with Gasteiger partial charge in [0, 0.05) is 28.4 Å². The first-order chi connectivity index (χ1) is 10.3. The summed E-state index contributed by atoms with van der Waals surface area (Å²) in [6, 6.07) is 4.21. The van der Waals surface area contributed by atoms with E-state index in [0.717, 1.165) is 16.9 Å². The predicted octanol–water partition coefficient (Wildman–Crippen LogP) is 3.48. The predicted molar refractivity (Wildman–Crippen MR) is 85.0 cm³/mol. The normalized spacial score (nSPS) is 36.5. The third kappa shape index (κ3) is 1.73. The molecule has 0 unspecified atom stereocenters. The Hall–Kier alpha value is -1.07. The van der Waals surface area contributed by atoms with Crippen LogP contribution in [0.4, 0.5) is 0 Å². The summed E-state index contributed by atoms with van der Waals surface area (Å²) in [6.45, 7) is 0. The van der Waals surface area contributed by atoms with Crippen molar-refractivity contribution in [2.75, 3.05) is 0 Å². The van der Waals surface area contributed by atoms with Gasteiger partial charge in [-0.1, -0.05) is 17.4 Å². The average molecular weight is 316 g/mol. The maximum atomic E-state index is 11.9. The number of hydrogen-bond acceptors (Lipinski definition) is 4. The highest BCUT2D eigenvalue weighted by molar-refractivity contribution is 8.00. The number of thioether (sulfide) groups is 1. The quantitative estimate of drug-likeness (QED) is 0.876. The van der Waals surface area contributed by atoms with Gasteiger partial charge in [-0.3, -0.25) is 9.78 Å². The Morgan fingerprint density at radius 2 is 2.19 bits per heavy atom. The molecule has 5 atom stereocenters. The standard InChI is InChI=1S/C16H16N2OS2/c19-16-18-15-14(21-16)12(10-2-1-5-17-7-10)11-8-3-4-9(6-8)13(11)20-15/h1-2,5,7-9,11-13H,3-4,6H2,(H,18,19)/t8-,9-,11-,12+,13+/m1/s1. The van der Waals surface area contributed by atoms with Crippen molar-refractivity contribution in [2.24, 2.45) is 17.8 Å². The van der Waals surface area contributed by atoms with Crippen molar-refractivity contribution in [1.29, 1.82) is 0 Å². The molecule has 21 heavy (non-hydrogen) atoms. The lowest BCUT2D eigenvalue weighted by atomic mass is 9.75. The molecule has 1 N–H and O–H groups in total. The van der Waals surface area contributed by atoms with Gasteiger partial charge in [0.15, 0.2) is 0 Å². The molecule has 2 fully saturated rings. The van der Waals surface area contributed by atoms with Gasteiger partial charge in [-0.25, -0.2) is 0 Å². The van der Waals surface area contributed by atoms with Crippen molar-refractivity contribution in [3.63, 3.8) is 0 Å². The highest BCUT2D eigenvalue weighted by Gasteiger charge is 2.54. The lowest BCUT2D eigenvalue weighted by molar-refractivity contribution is 0.307. The zero-order valence-electron chi connectivity index (χ0n) is 11.5. The number of pyridine rings is 1. The summed E-state index contributed by atoms with van der Waals surface area (Å²) >= 11 is 3.35. The molecule has 2 aliphatic carbocycles. The van der Waals surface area contributed by atoms with Crippen molar-refractivity contribution in [3.8, 4) is 0 Å². The van der Waals surface area contributed by atoms with E-state index < -0.39 is 0 Å². The molecule has 2 bridgehead atoms. The van der Waals surface area contributed by atoms with E-state index >= 15 is 0 Å². The Morgan fingerprint density at radius 3 is 3.05 bits per heavy atom. The number of aromatic amines is 1. The fourth-order valence-electron chi connectivity index (χ4n) is 4.78. The van der Waals surface area contributed by atoms with Gasteiger partial charge in [-0.05, 0) is 48.6 Å². The second-order valence-electron chi connectivity index (χ2n) is 6.46. The first-order valence-electron chi connectivity index (χ1n) is 7.61. The van der Waals surface area contributed by atoms with Crippen LogP contribution in [-0.2, 0) is 0 Å². The van der Waals surface area contributed by atoms with Crippen LogP contribution in [0.1, 0.15) is 35.6 Å². The summed E-state index contributed by atoms with van der Waals surface area (Å²) in [5, 5.41) is 1.82. The van der Waals surface area contributed by atoms with E-state index in [0.29, 0.717) is 17.1 Å². The minimum absolute atomic E-state index is 0.0914. The number of rotatable bonds is 1. The third-order valence-electron chi connectivity index (χ3n) is 5.51.